The Morgan fingerprint density at radius 3 is 2.71 bits per heavy atom. The molecule has 0 radical (unpaired) electrons. The van der Waals surface area contributed by atoms with Crippen molar-refractivity contribution < 1.29 is 4.92 Å². The zero-order valence-electron chi connectivity index (χ0n) is 7.60. The van der Waals surface area contributed by atoms with Crippen LogP contribution >= 0.6 is 0 Å². The number of hydrogen-bond acceptors (Lipinski definition) is 6. The standard InChI is InChI=1S/C7H11N5O2/c1-4(8)10-6-3-2-5(12(13)14)7(9)11-6/h2-4H,8H2,1H3,(H3,9,10,11). The fourth-order valence-corrected chi connectivity index (χ4v) is 0.936. The van der Waals surface area contributed by atoms with E-state index in [1.54, 1.807) is 6.92 Å². The van der Waals surface area contributed by atoms with Crippen molar-refractivity contribution in [1.29, 1.82) is 0 Å². The number of hydrogen-bond donors (Lipinski definition) is 3. The second kappa shape index (κ2) is 3.88. The van der Waals surface area contributed by atoms with E-state index in [1.165, 1.54) is 12.1 Å². The summed E-state index contributed by atoms with van der Waals surface area (Å²) in [6, 6.07) is 2.74. The van der Waals surface area contributed by atoms with Gasteiger partial charge in [0.2, 0.25) is 5.82 Å². The van der Waals surface area contributed by atoms with Crippen molar-refractivity contribution in [2.75, 3.05) is 11.1 Å². The molecule has 1 aromatic heterocycles. The van der Waals surface area contributed by atoms with Crippen molar-refractivity contribution in [3.63, 3.8) is 0 Å². The quantitative estimate of drug-likeness (QED) is 0.364. The Labute approximate surface area is 80.3 Å². The fraction of sp³-hybridized carbons (Fsp3) is 0.286. The van der Waals surface area contributed by atoms with E-state index in [-0.39, 0.29) is 17.7 Å². The number of pyridine rings is 1. The van der Waals surface area contributed by atoms with Crippen molar-refractivity contribution in [1.82, 2.24) is 4.98 Å². The molecule has 0 fully saturated rings. The van der Waals surface area contributed by atoms with Crippen LogP contribution in [-0.4, -0.2) is 16.1 Å². The Balaban J connectivity index is 2.94. The van der Waals surface area contributed by atoms with Crippen molar-refractivity contribution in [3.05, 3.63) is 22.2 Å². The highest BCUT2D eigenvalue weighted by molar-refractivity contribution is 5.57. The van der Waals surface area contributed by atoms with Gasteiger partial charge in [0.05, 0.1) is 11.1 Å². The van der Waals surface area contributed by atoms with Gasteiger partial charge in [-0.05, 0) is 13.0 Å². The molecule has 14 heavy (non-hydrogen) atoms. The predicted molar refractivity (Wildman–Crippen MR) is 52.6 cm³/mol. The van der Waals surface area contributed by atoms with Crippen LogP contribution in [-0.2, 0) is 0 Å². The summed E-state index contributed by atoms with van der Waals surface area (Å²) < 4.78 is 0. The average Bonchev–Trinajstić information content (AvgIpc) is 2.01. The minimum atomic E-state index is -0.585. The van der Waals surface area contributed by atoms with Gasteiger partial charge in [0.1, 0.15) is 5.82 Å². The van der Waals surface area contributed by atoms with E-state index < -0.39 is 4.92 Å². The number of rotatable bonds is 3. The maximum Gasteiger partial charge on any atom is 0.311 e. The number of nitrogens with two attached hydrogens (primary N) is 2. The number of anilines is 2. The minimum Gasteiger partial charge on any atom is -0.378 e. The van der Waals surface area contributed by atoms with E-state index in [0.29, 0.717) is 5.82 Å². The smallest absolute Gasteiger partial charge is 0.311 e. The molecule has 7 nitrogen and oxygen atoms in total. The molecule has 1 rings (SSSR count). The lowest BCUT2D eigenvalue weighted by Gasteiger charge is -2.08. The predicted octanol–water partition coefficient (Wildman–Crippen LogP) is 0.289. The molecule has 0 aliphatic rings. The molecule has 0 bridgehead atoms. The van der Waals surface area contributed by atoms with Crippen LogP contribution in [0.25, 0.3) is 0 Å². The van der Waals surface area contributed by atoms with Crippen LogP contribution in [0.2, 0.25) is 0 Å². The highest BCUT2D eigenvalue weighted by Crippen LogP contribution is 2.20. The molecule has 0 saturated heterocycles. The van der Waals surface area contributed by atoms with E-state index in [0.717, 1.165) is 0 Å². The molecule has 1 aromatic rings. The zero-order valence-corrected chi connectivity index (χ0v) is 7.60. The van der Waals surface area contributed by atoms with Gasteiger partial charge in [-0.15, -0.1) is 0 Å². The summed E-state index contributed by atoms with van der Waals surface area (Å²) in [6.45, 7) is 1.72. The Hall–Kier alpha value is -1.89. The summed E-state index contributed by atoms with van der Waals surface area (Å²) in [4.78, 5) is 13.6. The molecule has 7 heteroatoms. The van der Waals surface area contributed by atoms with Gasteiger partial charge in [-0.1, -0.05) is 0 Å². The SMILES string of the molecule is CC(N)Nc1ccc([N+](=O)[O-])c(N)n1. The van der Waals surface area contributed by atoms with Crippen molar-refractivity contribution in [3.8, 4) is 0 Å². The lowest BCUT2D eigenvalue weighted by molar-refractivity contribution is -0.384. The fourth-order valence-electron chi connectivity index (χ4n) is 0.936. The van der Waals surface area contributed by atoms with E-state index in [9.17, 15) is 10.1 Å². The molecule has 0 aliphatic carbocycles. The Kier molecular flexibility index (Phi) is 2.82. The van der Waals surface area contributed by atoms with Crippen molar-refractivity contribution >= 4 is 17.3 Å². The van der Waals surface area contributed by atoms with E-state index in [4.69, 9.17) is 11.5 Å². The third-order valence-electron chi connectivity index (χ3n) is 1.47. The van der Waals surface area contributed by atoms with Gasteiger partial charge in [0, 0.05) is 6.07 Å². The van der Waals surface area contributed by atoms with Gasteiger partial charge in [0.15, 0.2) is 0 Å². The number of aromatic nitrogens is 1. The molecule has 5 N–H and O–H groups in total. The molecular formula is C7H11N5O2. The van der Waals surface area contributed by atoms with Crippen LogP contribution in [0.5, 0.6) is 0 Å². The molecule has 0 aromatic carbocycles. The lowest BCUT2D eigenvalue weighted by atomic mass is 10.3. The van der Waals surface area contributed by atoms with Gasteiger partial charge < -0.3 is 16.8 Å². The maximum absolute atomic E-state index is 10.4. The van der Waals surface area contributed by atoms with Crippen LogP contribution in [0.4, 0.5) is 17.3 Å². The van der Waals surface area contributed by atoms with Gasteiger partial charge >= 0.3 is 5.69 Å². The molecule has 0 saturated carbocycles. The number of nitrogens with one attached hydrogen (secondary N) is 1. The number of nitrogen functional groups attached to an aromatic ring is 1. The molecule has 1 heterocycles. The Morgan fingerprint density at radius 1 is 1.64 bits per heavy atom. The highest BCUT2D eigenvalue weighted by Gasteiger charge is 2.12. The normalized spacial score (nSPS) is 12.1. The third-order valence-corrected chi connectivity index (χ3v) is 1.47. The average molecular weight is 197 g/mol. The maximum atomic E-state index is 10.4. The van der Waals surface area contributed by atoms with Gasteiger partial charge in [-0.3, -0.25) is 10.1 Å². The molecule has 0 spiro atoms. The third kappa shape index (κ3) is 2.30. The summed E-state index contributed by atoms with van der Waals surface area (Å²) >= 11 is 0. The lowest BCUT2D eigenvalue weighted by Crippen LogP contribution is -2.25. The van der Waals surface area contributed by atoms with E-state index in [2.05, 4.69) is 10.3 Å². The molecule has 76 valence electrons. The highest BCUT2D eigenvalue weighted by atomic mass is 16.6. The summed E-state index contributed by atoms with van der Waals surface area (Å²) in [6.07, 6.45) is -0.289. The van der Waals surface area contributed by atoms with Crippen LogP contribution in [0, 0.1) is 10.1 Å². The summed E-state index contributed by atoms with van der Waals surface area (Å²) in [5.74, 6) is 0.295. The summed E-state index contributed by atoms with van der Waals surface area (Å²) in [5, 5.41) is 13.2. The minimum absolute atomic E-state index is 0.124. The molecule has 1 unspecified atom stereocenters. The number of nitro groups is 1. The van der Waals surface area contributed by atoms with E-state index >= 15 is 0 Å². The first kappa shape index (κ1) is 10.2. The molecule has 0 amide bonds. The first-order valence-electron chi connectivity index (χ1n) is 3.93. The van der Waals surface area contributed by atoms with Crippen molar-refractivity contribution in [2.24, 2.45) is 5.73 Å². The van der Waals surface area contributed by atoms with E-state index in [1.807, 2.05) is 0 Å². The zero-order chi connectivity index (χ0) is 10.7. The molecule has 0 aliphatic heterocycles. The van der Waals surface area contributed by atoms with Crippen LogP contribution < -0.4 is 16.8 Å². The first-order chi connectivity index (χ1) is 6.50. The Morgan fingerprint density at radius 2 is 2.29 bits per heavy atom. The van der Waals surface area contributed by atoms with Crippen LogP contribution in [0.15, 0.2) is 12.1 Å². The second-order valence-corrected chi connectivity index (χ2v) is 2.79. The molecule has 1 atom stereocenters. The van der Waals surface area contributed by atoms with Crippen LogP contribution in [0.1, 0.15) is 6.92 Å². The largest absolute Gasteiger partial charge is 0.378 e. The summed E-state index contributed by atoms with van der Waals surface area (Å²) in [7, 11) is 0. The van der Waals surface area contributed by atoms with Crippen LogP contribution in [0.3, 0.4) is 0 Å². The summed E-state index contributed by atoms with van der Waals surface area (Å²) in [5.41, 5.74) is 10.6. The second-order valence-electron chi connectivity index (χ2n) is 2.79. The number of nitrogens with zero attached hydrogens (tertiary/aromatic N) is 2. The van der Waals surface area contributed by atoms with Gasteiger partial charge in [0.25, 0.3) is 0 Å². The van der Waals surface area contributed by atoms with Gasteiger partial charge in [-0.2, -0.15) is 0 Å². The topological polar surface area (TPSA) is 120 Å². The first-order valence-corrected chi connectivity index (χ1v) is 3.93. The molecular weight excluding hydrogens is 186 g/mol. The monoisotopic (exact) mass is 197 g/mol. The van der Waals surface area contributed by atoms with Gasteiger partial charge in [-0.25, -0.2) is 4.98 Å². The van der Waals surface area contributed by atoms with Crippen molar-refractivity contribution in [2.45, 2.75) is 13.1 Å². The Bertz CT molecular complexity index is 352.